The quantitative estimate of drug-likeness (QED) is 0.752. The van der Waals surface area contributed by atoms with Crippen molar-refractivity contribution in [3.05, 3.63) is 36.0 Å². The van der Waals surface area contributed by atoms with Crippen molar-refractivity contribution in [2.75, 3.05) is 5.32 Å². The lowest BCUT2D eigenvalue weighted by Crippen LogP contribution is -2.31. The van der Waals surface area contributed by atoms with Crippen LogP contribution in [0.25, 0.3) is 15.3 Å². The highest BCUT2D eigenvalue weighted by Crippen LogP contribution is 2.29. The summed E-state index contributed by atoms with van der Waals surface area (Å²) in [6, 6.07) is 6.91. The summed E-state index contributed by atoms with van der Waals surface area (Å²) in [4.78, 5) is 26.5. The number of carboxylic acids is 1. The molecule has 0 spiro atoms. The van der Waals surface area contributed by atoms with Crippen LogP contribution >= 0.6 is 11.3 Å². The molecule has 2 N–H and O–H groups in total. The Bertz CT molecular complexity index is 914. The number of fused-ring (bicyclic) bond motifs is 1. The van der Waals surface area contributed by atoms with E-state index in [1.54, 1.807) is 29.6 Å². The van der Waals surface area contributed by atoms with Gasteiger partial charge in [-0.2, -0.15) is 23.0 Å². The zero-order valence-electron chi connectivity index (χ0n) is 11.5. The first-order valence-corrected chi connectivity index (χ1v) is 7.14. The maximum absolute atomic E-state index is 12.5. The molecule has 0 aliphatic carbocycles. The smallest absolute Gasteiger partial charge is 0.471 e. The molecule has 3 aromatic rings. The van der Waals surface area contributed by atoms with Crippen molar-refractivity contribution in [2.45, 2.75) is 6.18 Å². The Hall–Kier alpha value is -2.95. The highest BCUT2D eigenvalue weighted by Gasteiger charge is 2.40. The summed E-state index contributed by atoms with van der Waals surface area (Å²) in [5.41, 5.74) is -0.00942. The largest absolute Gasteiger partial charge is 0.477 e. The predicted molar refractivity (Wildman–Crippen MR) is 78.4 cm³/mol. The Balaban J connectivity index is 2.11. The summed E-state index contributed by atoms with van der Waals surface area (Å²) in [6.07, 6.45) is -4.32. The number of benzene rings is 1. The van der Waals surface area contributed by atoms with Crippen LogP contribution in [0.15, 0.2) is 30.5 Å². The Morgan fingerprint density at radius 1 is 1.25 bits per heavy atom. The number of rotatable bonds is 3. The molecule has 2 aromatic heterocycles. The molecular formula is C13H7F3N4O3S. The first-order chi connectivity index (χ1) is 11.3. The molecule has 11 heteroatoms. The molecule has 0 saturated carbocycles. The number of hydrogen-bond acceptors (Lipinski definition) is 5. The number of carbonyl (C=O) groups excluding carboxylic acids is 1. The van der Waals surface area contributed by atoms with E-state index in [0.717, 1.165) is 26.9 Å². The monoisotopic (exact) mass is 356 g/mol. The molecule has 0 aliphatic rings. The van der Waals surface area contributed by atoms with E-state index in [2.05, 4.69) is 10.1 Å². The van der Waals surface area contributed by atoms with E-state index >= 15 is 0 Å². The molecule has 24 heavy (non-hydrogen) atoms. The molecule has 0 aliphatic heterocycles. The van der Waals surface area contributed by atoms with Gasteiger partial charge in [0.1, 0.15) is 5.56 Å². The molecule has 0 fully saturated rings. The van der Waals surface area contributed by atoms with Crippen molar-refractivity contribution in [3.63, 3.8) is 0 Å². The predicted octanol–water partition coefficient (Wildman–Crippen LogP) is 2.68. The number of hydrogen-bond donors (Lipinski definition) is 2. The van der Waals surface area contributed by atoms with Gasteiger partial charge in [0.05, 0.1) is 16.4 Å². The number of amides is 1. The summed E-state index contributed by atoms with van der Waals surface area (Å²) < 4.78 is 39.0. The summed E-state index contributed by atoms with van der Waals surface area (Å²) in [6.45, 7) is 0. The molecule has 2 heterocycles. The molecule has 0 saturated heterocycles. The molecule has 0 unspecified atom stereocenters. The topological polar surface area (TPSA) is 97.1 Å². The summed E-state index contributed by atoms with van der Waals surface area (Å²) in [5.74, 6) is -4.43. The van der Waals surface area contributed by atoms with Crippen LogP contribution in [0.2, 0.25) is 0 Å². The number of thiazole rings is 1. The number of alkyl halides is 3. The molecule has 3 rings (SSSR count). The van der Waals surface area contributed by atoms with Crippen LogP contribution in [0.4, 0.5) is 19.0 Å². The maximum Gasteiger partial charge on any atom is 0.471 e. The minimum Gasteiger partial charge on any atom is -0.477 e. The van der Waals surface area contributed by atoms with Crippen molar-refractivity contribution >= 4 is 39.2 Å². The summed E-state index contributed by atoms with van der Waals surface area (Å²) >= 11 is 1.09. The van der Waals surface area contributed by atoms with Gasteiger partial charge in [0.2, 0.25) is 5.13 Å². The number of halogens is 3. The normalized spacial score (nSPS) is 11.6. The third-order valence-corrected chi connectivity index (χ3v) is 3.96. The fourth-order valence-corrected chi connectivity index (χ4v) is 2.83. The number of para-hydroxylation sites is 1. The van der Waals surface area contributed by atoms with Gasteiger partial charge < -0.3 is 10.4 Å². The van der Waals surface area contributed by atoms with Gasteiger partial charge in [-0.25, -0.2) is 9.78 Å². The zero-order valence-corrected chi connectivity index (χ0v) is 12.4. The standard InChI is InChI=1S/C13H7F3N4O3S/c14-13(15,16)11(23)19-9-6(10(21)22)5-17-20(9)12-18-7-3-1-2-4-8(7)24-12/h1-5H,(H,19,23)(H,21,22). The van der Waals surface area contributed by atoms with Gasteiger partial charge in [-0.3, -0.25) is 4.79 Å². The van der Waals surface area contributed by atoms with E-state index in [1.807, 2.05) is 0 Å². The molecule has 0 atom stereocenters. The second kappa shape index (κ2) is 5.60. The van der Waals surface area contributed by atoms with Crippen LogP contribution < -0.4 is 5.32 Å². The molecule has 7 nitrogen and oxygen atoms in total. The highest BCUT2D eigenvalue weighted by molar-refractivity contribution is 7.20. The number of nitrogens with one attached hydrogen (secondary N) is 1. The third kappa shape index (κ3) is 2.80. The minimum atomic E-state index is -5.17. The van der Waals surface area contributed by atoms with Crippen molar-refractivity contribution in [2.24, 2.45) is 0 Å². The van der Waals surface area contributed by atoms with Crippen LogP contribution in [-0.2, 0) is 4.79 Å². The molecule has 1 amide bonds. The van der Waals surface area contributed by atoms with Gasteiger partial charge in [0.25, 0.3) is 0 Å². The Kier molecular flexibility index (Phi) is 3.72. The lowest BCUT2D eigenvalue weighted by Gasteiger charge is -2.09. The first-order valence-electron chi connectivity index (χ1n) is 6.33. The molecular weight excluding hydrogens is 349 g/mol. The highest BCUT2D eigenvalue weighted by atomic mass is 32.1. The van der Waals surface area contributed by atoms with E-state index < -0.39 is 29.4 Å². The Labute approximate surface area is 135 Å². The van der Waals surface area contributed by atoms with Crippen molar-refractivity contribution in [3.8, 4) is 5.13 Å². The second-order valence-electron chi connectivity index (χ2n) is 4.54. The SMILES string of the molecule is O=C(O)c1cnn(-c2nc3ccccc3s2)c1NC(=O)C(F)(F)F. The lowest BCUT2D eigenvalue weighted by atomic mass is 10.3. The fraction of sp³-hybridized carbons (Fsp3) is 0.0769. The number of anilines is 1. The van der Waals surface area contributed by atoms with Gasteiger partial charge in [0.15, 0.2) is 5.82 Å². The zero-order chi connectivity index (χ0) is 17.5. The van der Waals surface area contributed by atoms with Crippen LogP contribution in [0.5, 0.6) is 0 Å². The van der Waals surface area contributed by atoms with Gasteiger partial charge in [-0.05, 0) is 12.1 Å². The minimum absolute atomic E-state index is 0.126. The van der Waals surface area contributed by atoms with Crippen LogP contribution in [-0.4, -0.2) is 37.9 Å². The van der Waals surface area contributed by atoms with Gasteiger partial charge in [-0.1, -0.05) is 23.5 Å². The molecule has 0 bridgehead atoms. The average molecular weight is 356 g/mol. The van der Waals surface area contributed by atoms with Gasteiger partial charge >= 0.3 is 18.1 Å². The van der Waals surface area contributed by atoms with Gasteiger partial charge in [0, 0.05) is 0 Å². The average Bonchev–Trinajstić information content (AvgIpc) is 3.09. The Morgan fingerprint density at radius 2 is 1.96 bits per heavy atom. The van der Waals surface area contributed by atoms with E-state index in [9.17, 15) is 22.8 Å². The first kappa shape index (κ1) is 15.9. The molecule has 1 aromatic carbocycles. The van der Waals surface area contributed by atoms with Crippen molar-refractivity contribution < 1.29 is 27.9 Å². The van der Waals surface area contributed by atoms with E-state index in [-0.39, 0.29) is 5.13 Å². The van der Waals surface area contributed by atoms with Crippen LogP contribution in [0.1, 0.15) is 10.4 Å². The van der Waals surface area contributed by atoms with Crippen molar-refractivity contribution in [1.29, 1.82) is 0 Å². The maximum atomic E-state index is 12.5. The molecule has 124 valence electrons. The Morgan fingerprint density at radius 3 is 2.58 bits per heavy atom. The number of aromatic carboxylic acids is 1. The molecule has 0 radical (unpaired) electrons. The van der Waals surface area contributed by atoms with Crippen LogP contribution in [0, 0.1) is 0 Å². The fourth-order valence-electron chi connectivity index (χ4n) is 1.90. The third-order valence-electron chi connectivity index (χ3n) is 2.95. The van der Waals surface area contributed by atoms with Crippen molar-refractivity contribution in [1.82, 2.24) is 14.8 Å². The number of carboxylic acid groups (broad SMARTS) is 1. The van der Waals surface area contributed by atoms with E-state index in [0.29, 0.717) is 5.52 Å². The number of nitrogens with zero attached hydrogens (tertiary/aromatic N) is 3. The number of aromatic nitrogens is 3. The lowest BCUT2D eigenvalue weighted by molar-refractivity contribution is -0.167. The van der Waals surface area contributed by atoms with E-state index in [4.69, 9.17) is 5.11 Å². The summed E-state index contributed by atoms with van der Waals surface area (Å²) in [7, 11) is 0. The van der Waals surface area contributed by atoms with E-state index in [1.165, 1.54) is 0 Å². The van der Waals surface area contributed by atoms with Crippen LogP contribution in [0.3, 0.4) is 0 Å². The number of carbonyl (C=O) groups is 2. The summed E-state index contributed by atoms with van der Waals surface area (Å²) in [5, 5.41) is 14.5. The van der Waals surface area contributed by atoms with Gasteiger partial charge in [-0.15, -0.1) is 0 Å². The second-order valence-corrected chi connectivity index (χ2v) is 5.55.